The molecule has 0 amide bonds. The number of benzene rings is 1. The highest BCUT2D eigenvalue weighted by molar-refractivity contribution is 5.90. The van der Waals surface area contributed by atoms with E-state index in [1.165, 1.54) is 7.11 Å². The van der Waals surface area contributed by atoms with Gasteiger partial charge in [-0.15, -0.1) is 13.2 Å². The maximum absolute atomic E-state index is 13.1. The van der Waals surface area contributed by atoms with Gasteiger partial charge in [0.15, 0.2) is 0 Å². The van der Waals surface area contributed by atoms with E-state index in [4.69, 9.17) is 18.5 Å². The molecular weight excluding hydrogens is 557 g/mol. The summed E-state index contributed by atoms with van der Waals surface area (Å²) in [5.41, 5.74) is 2.38. The molecule has 2 fully saturated rings. The maximum atomic E-state index is 13.1. The number of esters is 1. The van der Waals surface area contributed by atoms with Crippen molar-refractivity contribution in [1.82, 2.24) is 15.3 Å². The molecule has 1 aromatic carbocycles. The van der Waals surface area contributed by atoms with Crippen molar-refractivity contribution in [3.63, 3.8) is 0 Å². The average Bonchev–Trinajstić information content (AvgIpc) is 3.55. The minimum absolute atomic E-state index is 0.0818. The van der Waals surface area contributed by atoms with Crippen LogP contribution < -0.4 is 4.90 Å². The zero-order valence-electron chi connectivity index (χ0n) is 22.8. The molecule has 3 aromatic rings. The predicted octanol–water partition coefficient (Wildman–Crippen LogP) is 5.82. The molecule has 222 valence electrons. The molecule has 3 heterocycles. The monoisotopic (exact) mass is 586 g/mol. The SMILES string of the molecule is COC(=O)c1cccc(-c2nc(N3CCC(OCc4c(C5=CC=CCC5OC(F)(F)F)noc4C4CC4)CC3)no2)c1. The molecule has 1 unspecified atom stereocenters. The van der Waals surface area contributed by atoms with Crippen LogP contribution in [0.15, 0.2) is 51.5 Å². The molecule has 0 spiro atoms. The number of hydrogen-bond donors (Lipinski definition) is 0. The number of anilines is 1. The molecule has 0 radical (unpaired) electrons. The predicted molar refractivity (Wildman–Crippen MR) is 142 cm³/mol. The van der Waals surface area contributed by atoms with Gasteiger partial charge in [-0.3, -0.25) is 4.74 Å². The van der Waals surface area contributed by atoms with E-state index in [-0.39, 0.29) is 25.0 Å². The lowest BCUT2D eigenvalue weighted by Crippen LogP contribution is -2.37. The Kier molecular flexibility index (Phi) is 7.86. The highest BCUT2D eigenvalue weighted by Crippen LogP contribution is 2.45. The molecule has 0 N–H and O–H groups in total. The number of carbonyl (C=O) groups is 1. The van der Waals surface area contributed by atoms with Crippen molar-refractivity contribution in [2.75, 3.05) is 25.1 Å². The summed E-state index contributed by atoms with van der Waals surface area (Å²) in [4.78, 5) is 18.4. The number of aromatic nitrogens is 3. The van der Waals surface area contributed by atoms with Crippen LogP contribution in [-0.4, -0.2) is 60.0 Å². The average molecular weight is 587 g/mol. The molecule has 2 aromatic heterocycles. The van der Waals surface area contributed by atoms with Crippen molar-refractivity contribution in [2.45, 2.75) is 63.2 Å². The van der Waals surface area contributed by atoms with Gasteiger partial charge in [-0.2, -0.15) is 4.98 Å². The minimum Gasteiger partial charge on any atom is -0.465 e. The van der Waals surface area contributed by atoms with E-state index in [0.29, 0.717) is 71.5 Å². The van der Waals surface area contributed by atoms with Gasteiger partial charge in [0, 0.05) is 35.7 Å². The number of methoxy groups -OCH3 is 1. The van der Waals surface area contributed by atoms with Gasteiger partial charge in [0.1, 0.15) is 11.5 Å². The standard InChI is InChI=1S/C29H29F3N4O6/c1-38-27(37)19-6-4-5-18(15-19)26-33-28(35-42-26)36-13-11-20(12-14-36)39-16-22-24(34-41-25(22)17-9-10-17)21-7-2-3-8-23(21)40-29(30,31)32/h2-7,15,17,20,23H,8-14,16H2,1H3. The van der Waals surface area contributed by atoms with Crippen molar-refractivity contribution in [2.24, 2.45) is 0 Å². The third kappa shape index (κ3) is 6.26. The second-order valence-corrected chi connectivity index (χ2v) is 10.5. The quantitative estimate of drug-likeness (QED) is 0.284. The molecule has 2 aliphatic carbocycles. The van der Waals surface area contributed by atoms with E-state index in [2.05, 4.69) is 20.0 Å². The second kappa shape index (κ2) is 11.7. The zero-order chi connectivity index (χ0) is 29.3. The van der Waals surface area contributed by atoms with Crippen molar-refractivity contribution >= 4 is 17.5 Å². The fraction of sp³-hybridized carbons (Fsp3) is 0.448. The Balaban J connectivity index is 1.09. The number of halogens is 3. The van der Waals surface area contributed by atoms with Gasteiger partial charge >= 0.3 is 12.3 Å². The number of nitrogens with zero attached hydrogens (tertiary/aromatic N) is 4. The first-order chi connectivity index (χ1) is 20.3. The summed E-state index contributed by atoms with van der Waals surface area (Å²) in [5, 5.41) is 8.29. The lowest BCUT2D eigenvalue weighted by Gasteiger charge is -2.31. The fourth-order valence-electron chi connectivity index (χ4n) is 5.25. The Morgan fingerprint density at radius 2 is 1.93 bits per heavy atom. The maximum Gasteiger partial charge on any atom is 0.523 e. The molecule has 13 heteroatoms. The molecule has 3 aliphatic rings. The molecular formula is C29H29F3N4O6. The van der Waals surface area contributed by atoms with Gasteiger partial charge in [0.05, 0.1) is 31.5 Å². The van der Waals surface area contributed by atoms with Crippen LogP contribution >= 0.6 is 0 Å². The fourth-order valence-corrected chi connectivity index (χ4v) is 5.25. The summed E-state index contributed by atoms with van der Waals surface area (Å²) < 4.78 is 65.8. The van der Waals surface area contributed by atoms with E-state index >= 15 is 0 Å². The Morgan fingerprint density at radius 1 is 1.12 bits per heavy atom. The number of rotatable bonds is 9. The first-order valence-electron chi connectivity index (χ1n) is 13.8. The number of carbonyl (C=O) groups excluding carboxylic acids is 1. The summed E-state index contributed by atoms with van der Waals surface area (Å²) >= 11 is 0. The van der Waals surface area contributed by atoms with Crippen LogP contribution in [0.3, 0.4) is 0 Å². The van der Waals surface area contributed by atoms with Gasteiger partial charge in [0.2, 0.25) is 0 Å². The van der Waals surface area contributed by atoms with Crippen LogP contribution in [0, 0.1) is 0 Å². The van der Waals surface area contributed by atoms with Crippen LogP contribution in [0.4, 0.5) is 19.1 Å². The van der Waals surface area contributed by atoms with Gasteiger partial charge in [0.25, 0.3) is 11.8 Å². The van der Waals surface area contributed by atoms with E-state index in [0.717, 1.165) is 12.8 Å². The van der Waals surface area contributed by atoms with E-state index < -0.39 is 18.4 Å². The van der Waals surface area contributed by atoms with Crippen LogP contribution in [0.2, 0.25) is 0 Å². The molecule has 1 aliphatic heterocycles. The van der Waals surface area contributed by atoms with Crippen molar-refractivity contribution in [1.29, 1.82) is 0 Å². The van der Waals surface area contributed by atoms with Gasteiger partial charge in [-0.25, -0.2) is 4.79 Å². The Labute approximate surface area is 239 Å². The van der Waals surface area contributed by atoms with Crippen molar-refractivity contribution < 1.29 is 41.2 Å². The van der Waals surface area contributed by atoms with Crippen LogP contribution in [0.5, 0.6) is 0 Å². The summed E-state index contributed by atoms with van der Waals surface area (Å²) in [6, 6.07) is 6.77. The Bertz CT molecular complexity index is 1480. The van der Waals surface area contributed by atoms with E-state index in [9.17, 15) is 18.0 Å². The Morgan fingerprint density at radius 3 is 2.67 bits per heavy atom. The number of alkyl halides is 3. The second-order valence-electron chi connectivity index (χ2n) is 10.5. The molecule has 0 bridgehead atoms. The summed E-state index contributed by atoms with van der Waals surface area (Å²) in [5.74, 6) is 1.16. The van der Waals surface area contributed by atoms with Gasteiger partial charge in [-0.05, 0) is 55.5 Å². The highest BCUT2D eigenvalue weighted by atomic mass is 19.4. The summed E-state index contributed by atoms with van der Waals surface area (Å²) in [6.07, 6.45) is 2.24. The third-order valence-electron chi connectivity index (χ3n) is 7.56. The van der Waals surface area contributed by atoms with Gasteiger partial charge in [-0.1, -0.05) is 29.5 Å². The summed E-state index contributed by atoms with van der Waals surface area (Å²) in [6.45, 7) is 1.42. The van der Waals surface area contributed by atoms with E-state index in [1.807, 2.05) is 4.90 Å². The van der Waals surface area contributed by atoms with E-state index in [1.54, 1.807) is 42.5 Å². The van der Waals surface area contributed by atoms with Crippen LogP contribution in [-0.2, 0) is 20.8 Å². The topological polar surface area (TPSA) is 113 Å². The number of hydrogen-bond acceptors (Lipinski definition) is 10. The highest BCUT2D eigenvalue weighted by Gasteiger charge is 2.39. The number of piperidine rings is 1. The Hall–Kier alpha value is -3.97. The first kappa shape index (κ1) is 28.2. The lowest BCUT2D eigenvalue weighted by molar-refractivity contribution is -0.334. The van der Waals surface area contributed by atoms with Crippen molar-refractivity contribution in [3.05, 3.63) is 65.1 Å². The van der Waals surface area contributed by atoms with Crippen LogP contribution in [0.25, 0.3) is 17.0 Å². The molecule has 1 atom stereocenters. The number of ether oxygens (including phenoxy) is 3. The smallest absolute Gasteiger partial charge is 0.465 e. The summed E-state index contributed by atoms with van der Waals surface area (Å²) in [7, 11) is 1.32. The van der Waals surface area contributed by atoms with Crippen LogP contribution in [0.1, 0.15) is 65.4 Å². The molecule has 1 saturated carbocycles. The minimum atomic E-state index is -4.77. The largest absolute Gasteiger partial charge is 0.523 e. The zero-order valence-corrected chi connectivity index (χ0v) is 22.8. The number of allylic oxidation sites excluding steroid dienone is 2. The normalized spacial score (nSPS) is 19.7. The van der Waals surface area contributed by atoms with Crippen molar-refractivity contribution in [3.8, 4) is 11.5 Å². The lowest BCUT2D eigenvalue weighted by atomic mass is 9.95. The third-order valence-corrected chi connectivity index (χ3v) is 7.56. The molecule has 1 saturated heterocycles. The molecule has 42 heavy (non-hydrogen) atoms. The molecule has 10 nitrogen and oxygen atoms in total. The first-order valence-corrected chi connectivity index (χ1v) is 13.8. The molecule has 6 rings (SSSR count). The van der Waals surface area contributed by atoms with Gasteiger partial charge < -0.3 is 23.4 Å².